The van der Waals surface area contributed by atoms with E-state index in [9.17, 15) is 4.79 Å². The van der Waals surface area contributed by atoms with Gasteiger partial charge in [-0.3, -0.25) is 14.6 Å². The molecule has 0 aliphatic carbocycles. The Morgan fingerprint density at radius 2 is 1.78 bits per heavy atom. The van der Waals surface area contributed by atoms with Gasteiger partial charge in [-0.05, 0) is 51.9 Å². The highest BCUT2D eigenvalue weighted by Crippen LogP contribution is 2.27. The van der Waals surface area contributed by atoms with Gasteiger partial charge in [-0.1, -0.05) is 6.42 Å². The molecule has 0 amide bonds. The summed E-state index contributed by atoms with van der Waals surface area (Å²) < 4.78 is 2.16. The third-order valence-electron chi connectivity index (χ3n) is 5.12. The van der Waals surface area contributed by atoms with E-state index >= 15 is 0 Å². The Bertz CT molecular complexity index is 531. The second kappa shape index (κ2) is 7.40. The molecule has 3 heterocycles. The van der Waals surface area contributed by atoms with Gasteiger partial charge >= 0.3 is 5.97 Å². The molecule has 1 aromatic heterocycles. The van der Waals surface area contributed by atoms with Crippen LogP contribution in [-0.2, 0) is 18.4 Å². The Balaban J connectivity index is 1.57. The Morgan fingerprint density at radius 1 is 1.09 bits per heavy atom. The highest BCUT2D eigenvalue weighted by molar-refractivity contribution is 5.69. The third kappa shape index (κ3) is 4.09. The van der Waals surface area contributed by atoms with Gasteiger partial charge in [0.05, 0.1) is 13.1 Å². The van der Waals surface area contributed by atoms with Gasteiger partial charge in [-0.2, -0.15) is 0 Å². The molecule has 23 heavy (non-hydrogen) atoms. The SMILES string of the molecule is Cn1c(CN2CCCCC2)nnc1C1CCN(CC(=O)O)CC1. The fourth-order valence-electron chi connectivity index (χ4n) is 3.73. The predicted molar refractivity (Wildman–Crippen MR) is 86.2 cm³/mol. The number of aromatic nitrogens is 3. The summed E-state index contributed by atoms with van der Waals surface area (Å²) in [6.45, 7) is 5.01. The van der Waals surface area contributed by atoms with E-state index in [-0.39, 0.29) is 6.54 Å². The van der Waals surface area contributed by atoms with Crippen LogP contribution in [0.15, 0.2) is 0 Å². The molecule has 0 spiro atoms. The number of carboxylic acid groups (broad SMARTS) is 1. The van der Waals surface area contributed by atoms with Crippen LogP contribution in [0.5, 0.6) is 0 Å². The van der Waals surface area contributed by atoms with Crippen molar-refractivity contribution in [2.75, 3.05) is 32.7 Å². The normalized spacial score (nSPS) is 21.6. The van der Waals surface area contributed by atoms with Crippen molar-refractivity contribution in [2.24, 2.45) is 7.05 Å². The lowest BCUT2D eigenvalue weighted by molar-refractivity contribution is -0.138. The lowest BCUT2D eigenvalue weighted by atomic mass is 9.96. The van der Waals surface area contributed by atoms with Gasteiger partial charge in [-0.15, -0.1) is 10.2 Å². The van der Waals surface area contributed by atoms with E-state index in [2.05, 4.69) is 26.7 Å². The smallest absolute Gasteiger partial charge is 0.317 e. The first-order chi connectivity index (χ1) is 11.1. The zero-order chi connectivity index (χ0) is 16.2. The number of rotatable bonds is 5. The van der Waals surface area contributed by atoms with Crippen LogP contribution in [0.2, 0.25) is 0 Å². The second-order valence-corrected chi connectivity index (χ2v) is 6.81. The van der Waals surface area contributed by atoms with E-state index in [0.29, 0.717) is 5.92 Å². The molecular formula is C16H27N5O2. The van der Waals surface area contributed by atoms with Crippen LogP contribution in [0.4, 0.5) is 0 Å². The van der Waals surface area contributed by atoms with E-state index in [0.717, 1.165) is 57.2 Å². The average molecular weight is 321 g/mol. The molecule has 2 aliphatic rings. The first kappa shape index (κ1) is 16.4. The zero-order valence-corrected chi connectivity index (χ0v) is 13.9. The van der Waals surface area contributed by atoms with E-state index < -0.39 is 5.97 Å². The predicted octanol–water partition coefficient (Wildman–Crippen LogP) is 1.07. The van der Waals surface area contributed by atoms with Crippen molar-refractivity contribution in [3.05, 3.63) is 11.6 Å². The average Bonchev–Trinajstić information content (AvgIpc) is 2.90. The summed E-state index contributed by atoms with van der Waals surface area (Å²) in [6.07, 6.45) is 5.83. The number of aliphatic carboxylic acids is 1. The molecule has 0 bridgehead atoms. The van der Waals surface area contributed by atoms with Crippen LogP contribution in [-0.4, -0.2) is 68.4 Å². The van der Waals surface area contributed by atoms with Crippen LogP contribution in [0.25, 0.3) is 0 Å². The maximum Gasteiger partial charge on any atom is 0.317 e. The van der Waals surface area contributed by atoms with Crippen LogP contribution in [0, 0.1) is 0 Å². The number of carbonyl (C=O) groups is 1. The monoisotopic (exact) mass is 321 g/mol. The fraction of sp³-hybridized carbons (Fsp3) is 0.812. The van der Waals surface area contributed by atoms with Crippen LogP contribution in [0.1, 0.15) is 49.7 Å². The van der Waals surface area contributed by atoms with Gasteiger partial charge in [0.1, 0.15) is 11.6 Å². The fourth-order valence-corrected chi connectivity index (χ4v) is 3.73. The summed E-state index contributed by atoms with van der Waals surface area (Å²) in [4.78, 5) is 15.3. The van der Waals surface area contributed by atoms with E-state index in [1.54, 1.807) is 0 Å². The van der Waals surface area contributed by atoms with Gasteiger partial charge in [0.15, 0.2) is 0 Å². The van der Waals surface area contributed by atoms with Gasteiger partial charge < -0.3 is 9.67 Å². The minimum atomic E-state index is -0.745. The lowest BCUT2D eigenvalue weighted by Crippen LogP contribution is -2.37. The van der Waals surface area contributed by atoms with E-state index in [1.807, 2.05) is 4.90 Å². The summed E-state index contributed by atoms with van der Waals surface area (Å²) >= 11 is 0. The van der Waals surface area contributed by atoms with Crippen molar-refractivity contribution in [2.45, 2.75) is 44.6 Å². The van der Waals surface area contributed by atoms with Gasteiger partial charge in [0.2, 0.25) is 0 Å². The Kier molecular flexibility index (Phi) is 5.27. The van der Waals surface area contributed by atoms with Crippen molar-refractivity contribution < 1.29 is 9.90 Å². The minimum Gasteiger partial charge on any atom is -0.480 e. The summed E-state index contributed by atoms with van der Waals surface area (Å²) in [7, 11) is 2.07. The summed E-state index contributed by atoms with van der Waals surface area (Å²) in [5, 5.41) is 17.7. The number of carboxylic acids is 1. The molecule has 0 radical (unpaired) electrons. The molecule has 2 fully saturated rings. The van der Waals surface area contributed by atoms with E-state index in [1.165, 1.54) is 19.3 Å². The van der Waals surface area contributed by atoms with Crippen molar-refractivity contribution in [1.29, 1.82) is 0 Å². The topological polar surface area (TPSA) is 74.5 Å². The molecular weight excluding hydrogens is 294 g/mol. The van der Waals surface area contributed by atoms with Crippen molar-refractivity contribution >= 4 is 5.97 Å². The highest BCUT2D eigenvalue weighted by Gasteiger charge is 2.26. The summed E-state index contributed by atoms with van der Waals surface area (Å²) in [5.41, 5.74) is 0. The zero-order valence-electron chi connectivity index (χ0n) is 13.9. The summed E-state index contributed by atoms with van der Waals surface area (Å²) in [5.74, 6) is 1.76. The largest absolute Gasteiger partial charge is 0.480 e. The molecule has 0 atom stereocenters. The molecule has 128 valence electrons. The van der Waals surface area contributed by atoms with Gasteiger partial charge in [0.25, 0.3) is 0 Å². The second-order valence-electron chi connectivity index (χ2n) is 6.81. The van der Waals surface area contributed by atoms with E-state index in [4.69, 9.17) is 5.11 Å². The van der Waals surface area contributed by atoms with Crippen molar-refractivity contribution in [1.82, 2.24) is 24.6 Å². The third-order valence-corrected chi connectivity index (χ3v) is 5.12. The number of nitrogens with zero attached hydrogens (tertiary/aromatic N) is 5. The molecule has 2 saturated heterocycles. The van der Waals surface area contributed by atoms with Crippen LogP contribution < -0.4 is 0 Å². The molecule has 2 aliphatic heterocycles. The van der Waals surface area contributed by atoms with Crippen LogP contribution >= 0.6 is 0 Å². The maximum atomic E-state index is 10.8. The Hall–Kier alpha value is -1.47. The molecule has 7 nitrogen and oxygen atoms in total. The lowest BCUT2D eigenvalue weighted by Gasteiger charge is -2.30. The van der Waals surface area contributed by atoms with Crippen molar-refractivity contribution in [3.8, 4) is 0 Å². The van der Waals surface area contributed by atoms with Gasteiger partial charge in [-0.25, -0.2) is 0 Å². The van der Waals surface area contributed by atoms with Crippen molar-refractivity contribution in [3.63, 3.8) is 0 Å². The standard InChI is InChI=1S/C16H27N5O2/c1-19-14(11-20-7-3-2-4-8-20)17-18-16(19)13-5-9-21(10-6-13)12-15(22)23/h13H,2-12H2,1H3,(H,22,23). The number of hydrogen-bond donors (Lipinski definition) is 1. The first-order valence-corrected chi connectivity index (χ1v) is 8.68. The molecule has 1 N–H and O–H groups in total. The van der Waals surface area contributed by atoms with Gasteiger partial charge in [0, 0.05) is 13.0 Å². The number of piperidine rings is 2. The Morgan fingerprint density at radius 3 is 2.43 bits per heavy atom. The minimum absolute atomic E-state index is 0.145. The Labute approximate surface area is 137 Å². The first-order valence-electron chi connectivity index (χ1n) is 8.68. The maximum absolute atomic E-state index is 10.8. The molecule has 3 rings (SSSR count). The molecule has 7 heteroatoms. The number of likely N-dealkylation sites (tertiary alicyclic amines) is 2. The molecule has 0 saturated carbocycles. The molecule has 0 unspecified atom stereocenters. The number of hydrogen-bond acceptors (Lipinski definition) is 5. The highest BCUT2D eigenvalue weighted by atomic mass is 16.4. The molecule has 1 aromatic rings. The molecule has 0 aromatic carbocycles. The van der Waals surface area contributed by atoms with Crippen LogP contribution in [0.3, 0.4) is 0 Å². The quantitative estimate of drug-likeness (QED) is 0.874. The summed E-state index contributed by atoms with van der Waals surface area (Å²) in [6, 6.07) is 0.